The van der Waals surface area contributed by atoms with Crippen molar-refractivity contribution in [3.8, 4) is 0 Å². The summed E-state index contributed by atoms with van der Waals surface area (Å²) < 4.78 is 15.5. The number of hydrogen-bond donors (Lipinski definition) is 1. The fraction of sp³-hybridized carbons (Fsp3) is 0.125. The standard InChI is InChI=1S/C16H14FN3O/c1-10-11(2)20-9-5-8-14(15(20)18-10)19-16(21)12-6-3-4-7-13(12)17/h3-9H,1-2H3,(H,19,21). The van der Waals surface area contributed by atoms with Gasteiger partial charge in [-0.25, -0.2) is 9.37 Å². The molecule has 0 aliphatic rings. The Morgan fingerprint density at radius 1 is 1.19 bits per heavy atom. The first kappa shape index (κ1) is 13.3. The van der Waals surface area contributed by atoms with Crippen LogP contribution < -0.4 is 5.32 Å². The average molecular weight is 283 g/mol. The van der Waals surface area contributed by atoms with Crippen LogP contribution in [-0.2, 0) is 0 Å². The molecular weight excluding hydrogens is 269 g/mol. The Bertz CT molecular complexity index is 839. The molecule has 0 radical (unpaired) electrons. The van der Waals surface area contributed by atoms with E-state index in [4.69, 9.17) is 0 Å². The molecule has 0 fully saturated rings. The van der Waals surface area contributed by atoms with Crippen LogP contribution in [0.2, 0.25) is 0 Å². The first-order valence-electron chi connectivity index (χ1n) is 6.58. The molecule has 4 nitrogen and oxygen atoms in total. The van der Waals surface area contributed by atoms with Crippen LogP contribution in [0.15, 0.2) is 42.6 Å². The number of pyridine rings is 1. The summed E-state index contributed by atoms with van der Waals surface area (Å²) in [5.74, 6) is -1.03. The number of benzene rings is 1. The van der Waals surface area contributed by atoms with Gasteiger partial charge in [-0.05, 0) is 38.1 Å². The van der Waals surface area contributed by atoms with Gasteiger partial charge in [0.1, 0.15) is 5.82 Å². The quantitative estimate of drug-likeness (QED) is 0.784. The molecule has 106 valence electrons. The Balaban J connectivity index is 2.01. The zero-order chi connectivity index (χ0) is 15.0. The Morgan fingerprint density at radius 2 is 1.95 bits per heavy atom. The number of aromatic nitrogens is 2. The second kappa shape index (κ2) is 5.01. The van der Waals surface area contributed by atoms with Gasteiger partial charge in [-0.1, -0.05) is 12.1 Å². The molecule has 1 N–H and O–H groups in total. The highest BCUT2D eigenvalue weighted by Crippen LogP contribution is 2.20. The van der Waals surface area contributed by atoms with Crippen molar-refractivity contribution in [2.24, 2.45) is 0 Å². The van der Waals surface area contributed by atoms with Gasteiger partial charge in [-0.2, -0.15) is 0 Å². The van der Waals surface area contributed by atoms with E-state index in [9.17, 15) is 9.18 Å². The first-order valence-corrected chi connectivity index (χ1v) is 6.58. The molecule has 1 aromatic carbocycles. The van der Waals surface area contributed by atoms with Gasteiger partial charge in [0, 0.05) is 11.9 Å². The molecule has 3 rings (SSSR count). The number of nitrogens with one attached hydrogen (secondary N) is 1. The molecule has 5 heteroatoms. The van der Waals surface area contributed by atoms with Crippen molar-refractivity contribution in [1.82, 2.24) is 9.38 Å². The molecule has 0 aliphatic heterocycles. The van der Waals surface area contributed by atoms with Crippen LogP contribution >= 0.6 is 0 Å². The predicted octanol–water partition coefficient (Wildman–Crippen LogP) is 3.34. The van der Waals surface area contributed by atoms with Gasteiger partial charge in [-0.15, -0.1) is 0 Å². The SMILES string of the molecule is Cc1nc2c(NC(=O)c3ccccc3F)cccn2c1C. The van der Waals surface area contributed by atoms with E-state index < -0.39 is 11.7 Å². The first-order chi connectivity index (χ1) is 10.1. The van der Waals surface area contributed by atoms with Gasteiger partial charge in [0.15, 0.2) is 5.65 Å². The summed E-state index contributed by atoms with van der Waals surface area (Å²) in [4.78, 5) is 16.6. The van der Waals surface area contributed by atoms with Crippen LogP contribution in [0.3, 0.4) is 0 Å². The van der Waals surface area contributed by atoms with Crippen LogP contribution in [0.4, 0.5) is 10.1 Å². The Labute approximate surface area is 121 Å². The zero-order valence-electron chi connectivity index (χ0n) is 11.7. The van der Waals surface area contributed by atoms with Gasteiger partial charge in [0.2, 0.25) is 0 Å². The molecular formula is C16H14FN3O. The minimum absolute atomic E-state index is 0.0134. The van der Waals surface area contributed by atoms with E-state index in [1.807, 2.05) is 30.5 Å². The highest BCUT2D eigenvalue weighted by Gasteiger charge is 2.14. The zero-order valence-corrected chi connectivity index (χ0v) is 11.7. The molecule has 3 aromatic rings. The molecule has 0 aliphatic carbocycles. The highest BCUT2D eigenvalue weighted by atomic mass is 19.1. The lowest BCUT2D eigenvalue weighted by molar-refractivity contribution is 0.102. The van der Waals surface area contributed by atoms with Gasteiger partial charge >= 0.3 is 0 Å². The third-order valence-corrected chi connectivity index (χ3v) is 3.49. The monoisotopic (exact) mass is 283 g/mol. The number of halogens is 1. The number of amides is 1. The number of aryl methyl sites for hydroxylation is 2. The summed E-state index contributed by atoms with van der Waals surface area (Å²) in [6.07, 6.45) is 1.88. The predicted molar refractivity (Wildman–Crippen MR) is 79.0 cm³/mol. The second-order valence-electron chi connectivity index (χ2n) is 4.83. The van der Waals surface area contributed by atoms with E-state index in [0.29, 0.717) is 11.3 Å². The van der Waals surface area contributed by atoms with Crippen LogP contribution in [0, 0.1) is 19.7 Å². The molecule has 21 heavy (non-hydrogen) atoms. The number of rotatable bonds is 2. The van der Waals surface area contributed by atoms with Gasteiger partial charge in [-0.3, -0.25) is 4.79 Å². The third kappa shape index (κ3) is 2.27. The molecule has 0 saturated carbocycles. The van der Waals surface area contributed by atoms with Gasteiger partial charge < -0.3 is 9.72 Å². The summed E-state index contributed by atoms with van der Waals surface area (Å²) in [7, 11) is 0. The van der Waals surface area contributed by atoms with E-state index in [1.54, 1.807) is 18.2 Å². The summed E-state index contributed by atoms with van der Waals surface area (Å²) in [6, 6.07) is 9.46. The van der Waals surface area contributed by atoms with E-state index in [1.165, 1.54) is 12.1 Å². The van der Waals surface area contributed by atoms with Crippen LogP contribution in [-0.4, -0.2) is 15.3 Å². The molecule has 0 atom stereocenters. The maximum absolute atomic E-state index is 13.6. The molecule has 0 spiro atoms. The van der Waals surface area contributed by atoms with Crippen LogP contribution in [0.5, 0.6) is 0 Å². The van der Waals surface area contributed by atoms with Crippen molar-refractivity contribution in [3.63, 3.8) is 0 Å². The highest BCUT2D eigenvalue weighted by molar-refractivity contribution is 6.06. The Kier molecular flexibility index (Phi) is 3.17. The van der Waals surface area contributed by atoms with Crippen molar-refractivity contribution >= 4 is 17.2 Å². The molecule has 2 aromatic heterocycles. The largest absolute Gasteiger partial charge is 0.319 e. The summed E-state index contributed by atoms with van der Waals surface area (Å²) in [6.45, 7) is 3.86. The van der Waals surface area contributed by atoms with E-state index in [0.717, 1.165) is 11.4 Å². The van der Waals surface area contributed by atoms with Crippen LogP contribution in [0.25, 0.3) is 5.65 Å². The summed E-state index contributed by atoms with van der Waals surface area (Å²) in [5, 5.41) is 2.72. The number of carbonyl (C=O) groups excluding carboxylic acids is 1. The number of imidazole rings is 1. The van der Waals surface area contributed by atoms with Crippen molar-refractivity contribution < 1.29 is 9.18 Å². The fourth-order valence-corrected chi connectivity index (χ4v) is 2.23. The average Bonchev–Trinajstić information content (AvgIpc) is 2.76. The Morgan fingerprint density at radius 3 is 2.71 bits per heavy atom. The number of nitrogens with zero attached hydrogens (tertiary/aromatic N) is 2. The number of hydrogen-bond acceptors (Lipinski definition) is 2. The smallest absolute Gasteiger partial charge is 0.258 e. The lowest BCUT2D eigenvalue weighted by atomic mass is 10.2. The minimum Gasteiger partial charge on any atom is -0.319 e. The maximum atomic E-state index is 13.6. The number of carbonyl (C=O) groups is 1. The van der Waals surface area contributed by atoms with E-state index in [2.05, 4.69) is 10.3 Å². The lowest BCUT2D eigenvalue weighted by Crippen LogP contribution is -2.14. The minimum atomic E-state index is -0.544. The number of anilines is 1. The van der Waals surface area contributed by atoms with Gasteiger partial charge in [0.25, 0.3) is 5.91 Å². The second-order valence-corrected chi connectivity index (χ2v) is 4.83. The normalized spacial score (nSPS) is 10.8. The molecule has 0 bridgehead atoms. The molecule has 1 amide bonds. The maximum Gasteiger partial charge on any atom is 0.258 e. The van der Waals surface area contributed by atoms with Crippen molar-refractivity contribution in [3.05, 3.63) is 65.4 Å². The van der Waals surface area contributed by atoms with Gasteiger partial charge in [0.05, 0.1) is 16.9 Å². The van der Waals surface area contributed by atoms with Crippen molar-refractivity contribution in [2.75, 3.05) is 5.32 Å². The van der Waals surface area contributed by atoms with E-state index in [-0.39, 0.29) is 5.56 Å². The molecule has 2 heterocycles. The van der Waals surface area contributed by atoms with Crippen LogP contribution in [0.1, 0.15) is 21.7 Å². The molecule has 0 saturated heterocycles. The molecule has 0 unspecified atom stereocenters. The van der Waals surface area contributed by atoms with Crippen molar-refractivity contribution in [2.45, 2.75) is 13.8 Å². The third-order valence-electron chi connectivity index (χ3n) is 3.49. The summed E-state index contributed by atoms with van der Waals surface area (Å²) in [5.41, 5.74) is 3.12. The lowest BCUT2D eigenvalue weighted by Gasteiger charge is -2.07. The summed E-state index contributed by atoms with van der Waals surface area (Å²) >= 11 is 0. The van der Waals surface area contributed by atoms with E-state index >= 15 is 0 Å². The number of fused-ring (bicyclic) bond motifs is 1. The fourth-order valence-electron chi connectivity index (χ4n) is 2.23. The Hall–Kier alpha value is -2.69. The topological polar surface area (TPSA) is 46.4 Å². The van der Waals surface area contributed by atoms with Crippen molar-refractivity contribution in [1.29, 1.82) is 0 Å².